The third-order valence-corrected chi connectivity index (χ3v) is 5.22. The number of hydrogen-bond acceptors (Lipinski definition) is 6. The predicted molar refractivity (Wildman–Crippen MR) is 108 cm³/mol. The highest BCUT2D eigenvalue weighted by molar-refractivity contribution is 5.95. The summed E-state index contributed by atoms with van der Waals surface area (Å²) in [5, 5.41) is 16.7. The van der Waals surface area contributed by atoms with E-state index in [4.69, 9.17) is 19.4 Å². The number of aliphatic carboxylic acids is 1. The zero-order valence-corrected chi connectivity index (χ0v) is 17.5. The molecule has 0 aliphatic carbocycles. The number of amides is 1. The lowest BCUT2D eigenvalue weighted by Gasteiger charge is -2.53. The van der Waals surface area contributed by atoms with E-state index in [-0.39, 0.29) is 23.4 Å². The Morgan fingerprint density at radius 1 is 1.21 bits per heavy atom. The molecule has 2 fully saturated rings. The number of carbonyl (C=O) groups excluding carboxylic acids is 1. The number of aromatic hydroxyl groups is 1. The van der Waals surface area contributed by atoms with Crippen LogP contribution in [-0.2, 0) is 20.9 Å². The van der Waals surface area contributed by atoms with Crippen LogP contribution >= 0.6 is 0 Å². The first-order chi connectivity index (χ1) is 15.6. The fourth-order valence-corrected chi connectivity index (χ4v) is 3.65. The van der Waals surface area contributed by atoms with Gasteiger partial charge in [-0.2, -0.15) is 13.2 Å². The molecule has 3 heterocycles. The number of ether oxygens (including phenoxy) is 2. The van der Waals surface area contributed by atoms with Gasteiger partial charge >= 0.3 is 12.1 Å². The van der Waals surface area contributed by atoms with Crippen LogP contribution < -0.4 is 0 Å². The molecule has 0 saturated carbocycles. The van der Waals surface area contributed by atoms with Gasteiger partial charge in [0.2, 0.25) is 0 Å². The van der Waals surface area contributed by atoms with E-state index in [0.29, 0.717) is 31.9 Å². The van der Waals surface area contributed by atoms with Crippen LogP contribution in [0.1, 0.15) is 28.9 Å². The summed E-state index contributed by atoms with van der Waals surface area (Å²) in [5.74, 6) is -2.73. The van der Waals surface area contributed by atoms with Gasteiger partial charge in [-0.05, 0) is 36.8 Å². The molecule has 8 nitrogen and oxygen atoms in total. The van der Waals surface area contributed by atoms with Crippen molar-refractivity contribution in [1.29, 1.82) is 0 Å². The summed E-state index contributed by atoms with van der Waals surface area (Å²) < 4.78 is 43.7. The lowest BCUT2D eigenvalue weighted by molar-refractivity contribution is -0.192. The molecule has 4 rings (SSSR count). The van der Waals surface area contributed by atoms with Gasteiger partial charge in [-0.3, -0.25) is 9.78 Å². The van der Waals surface area contributed by atoms with E-state index < -0.39 is 12.1 Å². The van der Waals surface area contributed by atoms with Crippen LogP contribution in [0.4, 0.5) is 13.2 Å². The third kappa shape index (κ3) is 6.65. The Morgan fingerprint density at radius 3 is 2.55 bits per heavy atom. The summed E-state index contributed by atoms with van der Waals surface area (Å²) in [7, 11) is 0. The minimum Gasteiger partial charge on any atom is -0.508 e. The first-order valence-corrected chi connectivity index (χ1v) is 10.1. The van der Waals surface area contributed by atoms with E-state index in [0.717, 1.165) is 18.5 Å². The summed E-state index contributed by atoms with van der Waals surface area (Å²) in [6.45, 7) is 2.25. The first-order valence-electron chi connectivity index (χ1n) is 10.1. The highest BCUT2D eigenvalue weighted by atomic mass is 19.4. The quantitative estimate of drug-likeness (QED) is 0.710. The molecule has 1 unspecified atom stereocenters. The molecule has 2 aliphatic rings. The van der Waals surface area contributed by atoms with Gasteiger partial charge in [0.25, 0.3) is 5.91 Å². The van der Waals surface area contributed by atoms with Crippen molar-refractivity contribution in [2.24, 2.45) is 0 Å². The molecule has 1 amide bonds. The Hall–Kier alpha value is -3.18. The summed E-state index contributed by atoms with van der Waals surface area (Å²) >= 11 is 0. The number of alkyl halides is 3. The standard InChI is InChI=1S/C20H22N2O4.C2HF3O2/c23-17-6-3-4-15(10-17)19(24)22-13-20(14-22)11-18(7-9-26-20)25-12-16-5-1-2-8-21-16;3-2(4,5)1(6)7/h1-6,8,10,18,23H,7,9,11-14H2;(H,6,7). The van der Waals surface area contributed by atoms with E-state index >= 15 is 0 Å². The zero-order valence-electron chi connectivity index (χ0n) is 17.5. The summed E-state index contributed by atoms with van der Waals surface area (Å²) in [4.78, 5) is 27.5. The average molecular weight is 468 g/mol. The Balaban J connectivity index is 0.000000383. The van der Waals surface area contributed by atoms with Crippen molar-refractivity contribution in [3.8, 4) is 5.75 Å². The number of aromatic nitrogens is 1. The molecule has 33 heavy (non-hydrogen) atoms. The number of likely N-dealkylation sites (tertiary alicyclic amines) is 1. The maximum absolute atomic E-state index is 12.5. The predicted octanol–water partition coefficient (Wildman–Crippen LogP) is 3.01. The van der Waals surface area contributed by atoms with E-state index in [9.17, 15) is 23.1 Å². The van der Waals surface area contributed by atoms with E-state index in [2.05, 4.69) is 4.98 Å². The molecule has 1 aromatic heterocycles. The average Bonchev–Trinajstić information content (AvgIpc) is 2.76. The van der Waals surface area contributed by atoms with Crippen molar-refractivity contribution in [2.45, 2.75) is 37.3 Å². The highest BCUT2D eigenvalue weighted by Crippen LogP contribution is 2.36. The van der Waals surface area contributed by atoms with Crippen molar-refractivity contribution >= 4 is 11.9 Å². The number of phenolic OH excluding ortho intramolecular Hbond substituents is 1. The molecule has 0 bridgehead atoms. The van der Waals surface area contributed by atoms with Crippen LogP contribution in [0.5, 0.6) is 5.75 Å². The smallest absolute Gasteiger partial charge is 0.490 e. The molecular weight excluding hydrogens is 445 g/mol. The van der Waals surface area contributed by atoms with Crippen molar-refractivity contribution < 1.29 is 42.4 Å². The molecule has 1 spiro atoms. The zero-order chi connectivity index (χ0) is 24.1. The van der Waals surface area contributed by atoms with Crippen LogP contribution in [0.2, 0.25) is 0 Å². The molecule has 0 radical (unpaired) electrons. The number of nitrogens with zero attached hydrogens (tertiary/aromatic N) is 2. The van der Waals surface area contributed by atoms with Gasteiger partial charge in [0, 0.05) is 24.8 Å². The van der Waals surface area contributed by atoms with Crippen molar-refractivity contribution in [1.82, 2.24) is 9.88 Å². The van der Waals surface area contributed by atoms with Gasteiger partial charge in [0.15, 0.2) is 0 Å². The second kappa shape index (κ2) is 10.2. The van der Waals surface area contributed by atoms with Gasteiger partial charge in [0.05, 0.1) is 31.5 Å². The SMILES string of the molecule is O=C(O)C(F)(F)F.O=C(c1cccc(O)c1)N1CC2(CC(OCc3ccccn3)CCO2)C1. The maximum Gasteiger partial charge on any atom is 0.490 e. The fourth-order valence-electron chi connectivity index (χ4n) is 3.65. The number of carboxylic acid groups (broad SMARTS) is 1. The van der Waals surface area contributed by atoms with Crippen LogP contribution in [0.25, 0.3) is 0 Å². The molecule has 2 aliphatic heterocycles. The second-order valence-electron chi connectivity index (χ2n) is 7.79. The number of halogens is 3. The number of rotatable bonds is 4. The van der Waals surface area contributed by atoms with Gasteiger partial charge in [-0.25, -0.2) is 4.79 Å². The molecular formula is C22H23F3N2O6. The number of carbonyl (C=O) groups is 2. The second-order valence-corrected chi connectivity index (χ2v) is 7.79. The van der Waals surface area contributed by atoms with Crippen LogP contribution in [0.15, 0.2) is 48.7 Å². The molecule has 178 valence electrons. The van der Waals surface area contributed by atoms with Gasteiger partial charge in [-0.1, -0.05) is 12.1 Å². The number of pyridine rings is 1. The van der Waals surface area contributed by atoms with Crippen LogP contribution in [0, 0.1) is 0 Å². The lowest BCUT2D eigenvalue weighted by Crippen LogP contribution is -2.67. The Bertz CT molecular complexity index is 964. The van der Waals surface area contributed by atoms with E-state index in [1.54, 1.807) is 29.3 Å². The summed E-state index contributed by atoms with van der Waals surface area (Å²) in [6.07, 6.45) is -1.57. The number of hydrogen-bond donors (Lipinski definition) is 2. The minimum atomic E-state index is -5.08. The normalized spacial score (nSPS) is 19.2. The highest BCUT2D eigenvalue weighted by Gasteiger charge is 2.49. The molecule has 11 heteroatoms. The van der Waals surface area contributed by atoms with Gasteiger partial charge < -0.3 is 24.6 Å². The van der Waals surface area contributed by atoms with Crippen molar-refractivity contribution in [3.63, 3.8) is 0 Å². The van der Waals surface area contributed by atoms with Gasteiger partial charge in [-0.15, -0.1) is 0 Å². The Morgan fingerprint density at radius 2 is 1.94 bits per heavy atom. The van der Waals surface area contributed by atoms with Crippen LogP contribution in [-0.4, -0.2) is 69.6 Å². The molecule has 1 aromatic carbocycles. The maximum atomic E-state index is 12.5. The Labute approximate surface area is 187 Å². The Kier molecular flexibility index (Phi) is 7.54. The molecule has 2 aromatic rings. The van der Waals surface area contributed by atoms with Crippen molar-refractivity contribution in [2.75, 3.05) is 19.7 Å². The molecule has 2 N–H and O–H groups in total. The van der Waals surface area contributed by atoms with E-state index in [1.165, 1.54) is 6.07 Å². The number of benzene rings is 1. The lowest BCUT2D eigenvalue weighted by atomic mass is 9.84. The first kappa shape index (κ1) is 24.5. The largest absolute Gasteiger partial charge is 0.508 e. The number of carboxylic acids is 1. The summed E-state index contributed by atoms with van der Waals surface area (Å²) in [5.41, 5.74) is 1.11. The number of phenols is 1. The third-order valence-electron chi connectivity index (χ3n) is 5.22. The molecule has 1 atom stereocenters. The fraction of sp³-hybridized carbons (Fsp3) is 0.409. The monoisotopic (exact) mass is 468 g/mol. The summed E-state index contributed by atoms with van der Waals surface area (Å²) in [6, 6.07) is 12.2. The topological polar surface area (TPSA) is 109 Å². The van der Waals surface area contributed by atoms with E-state index in [1.807, 2.05) is 18.2 Å². The van der Waals surface area contributed by atoms with Crippen molar-refractivity contribution in [3.05, 3.63) is 59.9 Å². The minimum absolute atomic E-state index is 0.0772. The molecule has 2 saturated heterocycles. The van der Waals surface area contributed by atoms with Crippen LogP contribution in [0.3, 0.4) is 0 Å². The van der Waals surface area contributed by atoms with Gasteiger partial charge in [0.1, 0.15) is 11.4 Å².